The Labute approximate surface area is 42.3 Å². The van der Waals surface area contributed by atoms with Gasteiger partial charge in [-0.2, -0.15) is 0 Å². The fourth-order valence-corrected chi connectivity index (χ4v) is 0.394. The molecular weight excluding hydrogens is 89.8 g/mol. The average Bonchev–Trinajstić information content (AvgIpc) is 1.35. The molecular formula is C4H8BP. The minimum absolute atomic E-state index is 0.454. The largest absolute Gasteiger partial charge is 0.131 e. The van der Waals surface area contributed by atoms with Crippen LogP contribution in [0.25, 0.3) is 0 Å². The third-order valence-electron chi connectivity index (χ3n) is 0.372. The molecule has 32 valence electrons. The summed E-state index contributed by atoms with van der Waals surface area (Å²) in [7, 11) is 4.65. The van der Waals surface area contributed by atoms with Crippen LogP contribution in [0, 0.1) is 11.8 Å². The summed E-state index contributed by atoms with van der Waals surface area (Å²) in [6.45, 7) is 1.85. The zero-order chi connectivity index (χ0) is 4.99. The average molecular weight is 97.9 g/mol. The van der Waals surface area contributed by atoms with Gasteiger partial charge in [-0.05, 0) is 6.92 Å². The lowest BCUT2D eigenvalue weighted by atomic mass is 10.1. The lowest BCUT2D eigenvalue weighted by Crippen LogP contribution is -1.86. The van der Waals surface area contributed by atoms with Crippen molar-refractivity contribution in [1.82, 2.24) is 0 Å². The predicted molar refractivity (Wildman–Crippen MR) is 35.5 cm³/mol. The van der Waals surface area contributed by atoms with Gasteiger partial charge in [0.25, 0.3) is 0 Å². The van der Waals surface area contributed by atoms with Crippen molar-refractivity contribution in [3.63, 3.8) is 0 Å². The Morgan fingerprint density at radius 2 is 2.33 bits per heavy atom. The maximum Gasteiger partial charge on any atom is 0.126 e. The Hall–Kier alpha value is 0.0549. The molecule has 0 saturated carbocycles. The highest BCUT2D eigenvalue weighted by atomic mass is 31.0. The maximum atomic E-state index is 2.92. The Kier molecular flexibility index (Phi) is 3.28. The highest BCUT2D eigenvalue weighted by Gasteiger charge is 1.76. The fraction of sp³-hybridized carbons (Fsp3) is 0.500. The van der Waals surface area contributed by atoms with Crippen molar-refractivity contribution in [1.29, 1.82) is 0 Å². The van der Waals surface area contributed by atoms with Crippen molar-refractivity contribution < 1.29 is 0 Å². The van der Waals surface area contributed by atoms with Gasteiger partial charge in [0.05, 0.1) is 0 Å². The molecule has 0 spiro atoms. The zero-order valence-corrected chi connectivity index (χ0v) is 5.31. The van der Waals surface area contributed by atoms with Gasteiger partial charge in [0.2, 0.25) is 0 Å². The van der Waals surface area contributed by atoms with Gasteiger partial charge in [-0.3, -0.25) is 0 Å². The van der Waals surface area contributed by atoms with Crippen molar-refractivity contribution >= 4 is 17.1 Å². The molecule has 0 radical (unpaired) electrons. The molecule has 0 saturated heterocycles. The first-order valence-corrected chi connectivity index (χ1v) is 2.62. The van der Waals surface area contributed by atoms with Crippen LogP contribution in [0.4, 0.5) is 0 Å². The quantitative estimate of drug-likeness (QED) is 0.224. The summed E-state index contributed by atoms with van der Waals surface area (Å²) in [4.78, 5) is 0. The minimum Gasteiger partial charge on any atom is -0.131 e. The second kappa shape index (κ2) is 3.25. The van der Waals surface area contributed by atoms with Crippen molar-refractivity contribution in [2.24, 2.45) is 0 Å². The molecule has 0 aliphatic rings. The van der Waals surface area contributed by atoms with Crippen LogP contribution in [0.5, 0.6) is 0 Å². The first kappa shape index (κ1) is 6.05. The molecule has 0 bridgehead atoms. The van der Waals surface area contributed by atoms with Crippen LogP contribution in [0.2, 0.25) is 0 Å². The fourth-order valence-electron chi connectivity index (χ4n) is 0.228. The molecule has 0 aliphatic heterocycles. The summed E-state index contributed by atoms with van der Waals surface area (Å²) in [5.74, 6) is 5.72. The maximum absolute atomic E-state index is 2.92. The Morgan fingerprint density at radius 3 is 2.33 bits per heavy atom. The van der Waals surface area contributed by atoms with E-state index < -0.39 is 0 Å². The summed E-state index contributed by atoms with van der Waals surface area (Å²) in [6.07, 6.45) is 0. The van der Waals surface area contributed by atoms with Crippen molar-refractivity contribution in [3.8, 4) is 11.8 Å². The molecule has 0 N–H and O–H groups in total. The molecule has 0 fully saturated rings. The van der Waals surface area contributed by atoms with E-state index in [9.17, 15) is 0 Å². The van der Waals surface area contributed by atoms with E-state index in [0.717, 1.165) is 0 Å². The van der Waals surface area contributed by atoms with E-state index >= 15 is 0 Å². The van der Waals surface area contributed by atoms with Crippen LogP contribution in [-0.2, 0) is 0 Å². The molecule has 0 aromatic carbocycles. The van der Waals surface area contributed by atoms with Gasteiger partial charge >= 0.3 is 0 Å². The first-order valence-electron chi connectivity index (χ1n) is 1.95. The molecule has 2 unspecified atom stereocenters. The van der Waals surface area contributed by atoms with Gasteiger partial charge in [0, 0.05) is 5.56 Å². The molecule has 0 heterocycles. The molecule has 2 atom stereocenters. The topological polar surface area (TPSA) is 0 Å². The van der Waals surface area contributed by atoms with E-state index in [0.29, 0.717) is 5.56 Å². The molecule has 0 aromatic heterocycles. The molecule has 0 amide bonds. The van der Waals surface area contributed by atoms with Crippen molar-refractivity contribution in [3.05, 3.63) is 0 Å². The standard InChI is InChI=1S/C4H8BP/c1-2-3-4(5)6/h4H,5-6H2,1H3. The van der Waals surface area contributed by atoms with E-state index in [2.05, 4.69) is 21.1 Å². The second-order valence-electron chi connectivity index (χ2n) is 1.18. The molecule has 0 aliphatic carbocycles. The third kappa shape index (κ3) is 4.05. The van der Waals surface area contributed by atoms with Gasteiger partial charge in [-0.15, -0.1) is 21.1 Å². The summed E-state index contributed by atoms with van der Waals surface area (Å²) < 4.78 is 0. The van der Waals surface area contributed by atoms with Crippen LogP contribution >= 0.6 is 9.24 Å². The number of hydrogen-bond acceptors (Lipinski definition) is 0. The van der Waals surface area contributed by atoms with Crippen molar-refractivity contribution in [2.45, 2.75) is 12.5 Å². The van der Waals surface area contributed by atoms with E-state index in [1.165, 1.54) is 0 Å². The summed E-state index contributed by atoms with van der Waals surface area (Å²) in [5.41, 5.74) is 0.454. The third-order valence-corrected chi connectivity index (χ3v) is 0.539. The highest BCUT2D eigenvalue weighted by molar-refractivity contribution is 7.21. The van der Waals surface area contributed by atoms with E-state index in [1.807, 2.05) is 14.8 Å². The number of hydrogen-bond donors (Lipinski definition) is 0. The smallest absolute Gasteiger partial charge is 0.126 e. The van der Waals surface area contributed by atoms with Crippen LogP contribution in [0.3, 0.4) is 0 Å². The molecule has 2 heteroatoms. The summed E-state index contributed by atoms with van der Waals surface area (Å²) in [5, 5.41) is 0. The van der Waals surface area contributed by atoms with Crippen LogP contribution in [-0.4, -0.2) is 13.4 Å². The van der Waals surface area contributed by atoms with E-state index in [4.69, 9.17) is 0 Å². The SMILES string of the molecule is BC(P)C#CC. The Bertz CT molecular complexity index is 77.3. The Balaban J connectivity index is 3.20. The van der Waals surface area contributed by atoms with Crippen LogP contribution < -0.4 is 0 Å². The van der Waals surface area contributed by atoms with Gasteiger partial charge in [0.1, 0.15) is 7.85 Å². The van der Waals surface area contributed by atoms with Gasteiger partial charge in [-0.1, -0.05) is 0 Å². The van der Waals surface area contributed by atoms with E-state index in [1.54, 1.807) is 0 Å². The van der Waals surface area contributed by atoms with Gasteiger partial charge < -0.3 is 0 Å². The molecule has 0 aromatic rings. The highest BCUT2D eigenvalue weighted by Crippen LogP contribution is 1.87. The molecule has 0 nitrogen and oxygen atoms in total. The molecule has 0 rings (SSSR count). The van der Waals surface area contributed by atoms with E-state index in [-0.39, 0.29) is 0 Å². The minimum atomic E-state index is 0.454. The predicted octanol–water partition coefficient (Wildman–Crippen LogP) is -0.156. The first-order chi connectivity index (χ1) is 2.77. The lowest BCUT2D eigenvalue weighted by molar-refractivity contribution is 1.73. The monoisotopic (exact) mass is 98.0 g/mol. The number of rotatable bonds is 0. The normalized spacial score (nSPS) is 11.7. The van der Waals surface area contributed by atoms with Crippen LogP contribution in [0.1, 0.15) is 6.92 Å². The summed E-state index contributed by atoms with van der Waals surface area (Å²) in [6, 6.07) is 0. The second-order valence-corrected chi connectivity index (χ2v) is 2.18. The van der Waals surface area contributed by atoms with Crippen LogP contribution in [0.15, 0.2) is 0 Å². The zero-order valence-electron chi connectivity index (χ0n) is 4.15. The van der Waals surface area contributed by atoms with Gasteiger partial charge in [-0.25, -0.2) is 0 Å². The molecule has 6 heavy (non-hydrogen) atoms. The Morgan fingerprint density at radius 1 is 1.83 bits per heavy atom. The lowest BCUT2D eigenvalue weighted by Gasteiger charge is -1.81. The van der Waals surface area contributed by atoms with Gasteiger partial charge in [0.15, 0.2) is 0 Å². The summed E-state index contributed by atoms with van der Waals surface area (Å²) >= 11 is 0. The van der Waals surface area contributed by atoms with Crippen molar-refractivity contribution in [2.75, 3.05) is 0 Å².